The molecule has 0 saturated carbocycles. The van der Waals surface area contributed by atoms with Crippen LogP contribution in [0.1, 0.15) is 36.8 Å². The van der Waals surface area contributed by atoms with Crippen LogP contribution in [0, 0.1) is 6.92 Å². The van der Waals surface area contributed by atoms with Crippen LogP contribution in [0.3, 0.4) is 0 Å². The van der Waals surface area contributed by atoms with Crippen LogP contribution in [0.2, 0.25) is 0 Å². The van der Waals surface area contributed by atoms with Crippen molar-refractivity contribution in [2.24, 2.45) is 0 Å². The van der Waals surface area contributed by atoms with Crippen molar-refractivity contribution in [3.8, 4) is 0 Å². The zero-order valence-electron chi connectivity index (χ0n) is 9.54. The molecule has 0 spiro atoms. The second-order valence-corrected chi connectivity index (χ2v) is 5.20. The Balaban J connectivity index is 1.96. The molecule has 1 aromatic rings. The van der Waals surface area contributed by atoms with Crippen molar-refractivity contribution < 1.29 is 4.39 Å². The van der Waals surface area contributed by atoms with Crippen molar-refractivity contribution in [1.29, 1.82) is 0 Å². The van der Waals surface area contributed by atoms with E-state index < -0.39 is 5.67 Å². The molecular formula is C13H17FN2. The molecule has 0 amide bonds. The number of aromatic nitrogens is 1. The fraction of sp³-hybridized carbons (Fsp3) is 0.615. The second-order valence-electron chi connectivity index (χ2n) is 5.20. The minimum absolute atomic E-state index is 0.364. The number of piperidine rings is 1. The molecule has 3 rings (SSSR count). The summed E-state index contributed by atoms with van der Waals surface area (Å²) in [6.45, 7) is 1.97. The Morgan fingerprint density at radius 3 is 2.69 bits per heavy atom. The summed E-state index contributed by atoms with van der Waals surface area (Å²) < 4.78 is 15.0. The van der Waals surface area contributed by atoms with Crippen LogP contribution in [0.25, 0.3) is 0 Å². The molecule has 2 aliphatic heterocycles. The van der Waals surface area contributed by atoms with Gasteiger partial charge in [-0.15, -0.1) is 0 Å². The number of halogens is 1. The quantitative estimate of drug-likeness (QED) is 0.786. The number of alkyl halides is 1. The van der Waals surface area contributed by atoms with Crippen molar-refractivity contribution in [2.75, 3.05) is 0 Å². The van der Waals surface area contributed by atoms with Gasteiger partial charge in [0.1, 0.15) is 5.67 Å². The van der Waals surface area contributed by atoms with Gasteiger partial charge in [0.05, 0.1) is 0 Å². The zero-order valence-corrected chi connectivity index (χ0v) is 9.54. The average Bonchev–Trinajstić information content (AvgIpc) is 2.59. The first-order valence-corrected chi connectivity index (χ1v) is 6.03. The van der Waals surface area contributed by atoms with Crippen molar-refractivity contribution >= 4 is 0 Å². The fourth-order valence-corrected chi connectivity index (χ4v) is 3.24. The molecule has 2 unspecified atom stereocenters. The molecule has 3 heterocycles. The lowest BCUT2D eigenvalue weighted by Crippen LogP contribution is -2.44. The normalized spacial score (nSPS) is 37.6. The Morgan fingerprint density at radius 1 is 1.38 bits per heavy atom. The number of nitrogens with zero attached hydrogens (tertiary/aromatic N) is 1. The SMILES string of the molecule is Cc1ccncc1C1(F)CC2CCC(C1)N2. The molecule has 2 aliphatic rings. The molecular weight excluding hydrogens is 203 g/mol. The van der Waals surface area contributed by atoms with Gasteiger partial charge in [0.2, 0.25) is 0 Å². The van der Waals surface area contributed by atoms with Crippen LogP contribution in [0.5, 0.6) is 0 Å². The van der Waals surface area contributed by atoms with Crippen molar-refractivity contribution in [3.05, 3.63) is 29.6 Å². The summed E-state index contributed by atoms with van der Waals surface area (Å²) in [7, 11) is 0. The molecule has 16 heavy (non-hydrogen) atoms. The first kappa shape index (κ1) is 10.2. The number of nitrogens with one attached hydrogen (secondary N) is 1. The minimum Gasteiger partial charge on any atom is -0.311 e. The number of rotatable bonds is 1. The summed E-state index contributed by atoms with van der Waals surface area (Å²) in [5, 5.41) is 3.47. The molecule has 0 aromatic carbocycles. The third-order valence-corrected chi connectivity index (χ3v) is 4.00. The molecule has 2 bridgehead atoms. The van der Waals surface area contributed by atoms with E-state index in [-0.39, 0.29) is 0 Å². The third kappa shape index (κ3) is 1.54. The minimum atomic E-state index is -1.16. The first-order valence-electron chi connectivity index (χ1n) is 6.03. The summed E-state index contributed by atoms with van der Waals surface area (Å²) in [5.41, 5.74) is 0.669. The number of aryl methyl sites for hydroxylation is 1. The summed E-state index contributed by atoms with van der Waals surface area (Å²) in [6, 6.07) is 2.63. The van der Waals surface area contributed by atoms with E-state index in [0.29, 0.717) is 24.9 Å². The lowest BCUT2D eigenvalue weighted by molar-refractivity contribution is 0.0863. The van der Waals surface area contributed by atoms with E-state index in [1.165, 1.54) is 0 Å². The van der Waals surface area contributed by atoms with Crippen LogP contribution in [-0.4, -0.2) is 17.1 Å². The molecule has 3 heteroatoms. The molecule has 0 aliphatic carbocycles. The largest absolute Gasteiger partial charge is 0.311 e. The Labute approximate surface area is 95.3 Å². The van der Waals surface area contributed by atoms with Gasteiger partial charge in [-0.2, -0.15) is 0 Å². The molecule has 86 valence electrons. The van der Waals surface area contributed by atoms with Crippen LogP contribution in [-0.2, 0) is 5.67 Å². The highest BCUT2D eigenvalue weighted by atomic mass is 19.1. The number of fused-ring (bicyclic) bond motifs is 2. The van der Waals surface area contributed by atoms with Gasteiger partial charge in [0.25, 0.3) is 0 Å². The van der Waals surface area contributed by atoms with E-state index in [2.05, 4.69) is 10.3 Å². The van der Waals surface area contributed by atoms with Gasteiger partial charge in [-0.3, -0.25) is 4.98 Å². The van der Waals surface area contributed by atoms with Crippen molar-refractivity contribution in [1.82, 2.24) is 10.3 Å². The Hall–Kier alpha value is -0.960. The van der Waals surface area contributed by atoms with E-state index in [1.807, 2.05) is 13.0 Å². The average molecular weight is 220 g/mol. The molecule has 1 N–H and O–H groups in total. The van der Waals surface area contributed by atoms with E-state index in [1.54, 1.807) is 12.4 Å². The zero-order chi connectivity index (χ0) is 11.2. The van der Waals surface area contributed by atoms with Crippen molar-refractivity contribution in [2.45, 2.75) is 50.4 Å². The standard InChI is InChI=1S/C13H17FN2/c1-9-4-5-15-8-12(9)13(14)6-10-2-3-11(7-13)16-10/h4-5,8,10-11,16H,2-3,6-7H2,1H3. The van der Waals surface area contributed by atoms with Crippen molar-refractivity contribution in [3.63, 3.8) is 0 Å². The maximum absolute atomic E-state index is 15.0. The predicted molar refractivity (Wildman–Crippen MR) is 60.9 cm³/mol. The van der Waals surface area contributed by atoms with Crippen LogP contribution in [0.4, 0.5) is 4.39 Å². The predicted octanol–water partition coefficient (Wildman–Crippen LogP) is 2.47. The Morgan fingerprint density at radius 2 is 2.06 bits per heavy atom. The summed E-state index contributed by atoms with van der Waals surface area (Å²) in [4.78, 5) is 4.08. The fourth-order valence-electron chi connectivity index (χ4n) is 3.24. The molecule has 2 saturated heterocycles. The van der Waals surface area contributed by atoms with E-state index in [0.717, 1.165) is 24.0 Å². The molecule has 0 radical (unpaired) electrons. The maximum atomic E-state index is 15.0. The van der Waals surface area contributed by atoms with Gasteiger partial charge in [-0.1, -0.05) is 0 Å². The lowest BCUT2D eigenvalue weighted by Gasteiger charge is -2.35. The van der Waals surface area contributed by atoms with E-state index in [4.69, 9.17) is 0 Å². The number of pyridine rings is 1. The van der Waals surface area contributed by atoms with Gasteiger partial charge in [0.15, 0.2) is 0 Å². The van der Waals surface area contributed by atoms with Gasteiger partial charge < -0.3 is 5.32 Å². The maximum Gasteiger partial charge on any atom is 0.140 e. The first-order chi connectivity index (χ1) is 7.67. The summed E-state index contributed by atoms with van der Waals surface area (Å²) in [5.74, 6) is 0. The van der Waals surface area contributed by atoms with Crippen LogP contribution >= 0.6 is 0 Å². The topological polar surface area (TPSA) is 24.9 Å². The highest BCUT2D eigenvalue weighted by molar-refractivity contribution is 5.30. The molecule has 2 fully saturated rings. The second kappa shape index (κ2) is 3.52. The van der Waals surface area contributed by atoms with Gasteiger partial charge in [0, 0.05) is 42.9 Å². The van der Waals surface area contributed by atoms with Crippen LogP contribution < -0.4 is 5.32 Å². The highest BCUT2D eigenvalue weighted by Crippen LogP contribution is 2.44. The summed E-state index contributed by atoms with van der Waals surface area (Å²) in [6.07, 6.45) is 6.90. The third-order valence-electron chi connectivity index (χ3n) is 4.00. The Kier molecular flexibility index (Phi) is 2.25. The molecule has 2 nitrogen and oxygen atoms in total. The van der Waals surface area contributed by atoms with Gasteiger partial charge >= 0.3 is 0 Å². The van der Waals surface area contributed by atoms with Crippen LogP contribution in [0.15, 0.2) is 18.5 Å². The van der Waals surface area contributed by atoms with E-state index in [9.17, 15) is 0 Å². The Bertz CT molecular complexity index is 393. The van der Waals surface area contributed by atoms with Gasteiger partial charge in [-0.05, 0) is 31.4 Å². The number of hydrogen-bond acceptors (Lipinski definition) is 2. The lowest BCUT2D eigenvalue weighted by atomic mass is 9.82. The number of hydrogen-bond donors (Lipinski definition) is 1. The molecule has 1 aromatic heterocycles. The van der Waals surface area contributed by atoms with Gasteiger partial charge in [-0.25, -0.2) is 4.39 Å². The highest BCUT2D eigenvalue weighted by Gasteiger charge is 2.45. The smallest absolute Gasteiger partial charge is 0.140 e. The summed E-state index contributed by atoms with van der Waals surface area (Å²) >= 11 is 0. The van der Waals surface area contributed by atoms with E-state index >= 15 is 4.39 Å². The molecule has 2 atom stereocenters. The monoisotopic (exact) mass is 220 g/mol.